The van der Waals surface area contributed by atoms with E-state index in [1.807, 2.05) is 37.4 Å². The van der Waals surface area contributed by atoms with Gasteiger partial charge in [0.1, 0.15) is 11.5 Å². The Labute approximate surface area is 190 Å². The molecular formula is C26H33N3O3. The van der Waals surface area contributed by atoms with Gasteiger partial charge in [-0.3, -0.25) is 4.79 Å². The summed E-state index contributed by atoms with van der Waals surface area (Å²) in [6.45, 7) is 3.87. The van der Waals surface area contributed by atoms with Gasteiger partial charge in [-0.1, -0.05) is 18.2 Å². The van der Waals surface area contributed by atoms with E-state index in [0.29, 0.717) is 13.0 Å². The van der Waals surface area contributed by atoms with E-state index < -0.39 is 0 Å². The number of ether oxygens (including phenoxy) is 2. The molecule has 1 aliphatic heterocycles. The van der Waals surface area contributed by atoms with E-state index in [9.17, 15) is 4.79 Å². The number of likely N-dealkylation sites (tertiary alicyclic amines) is 1. The molecule has 1 fully saturated rings. The lowest BCUT2D eigenvalue weighted by Crippen LogP contribution is -2.34. The SMILES string of the molecule is COc1cc(OC)cc(C(CC(=O)NCCN2CCCC2)c2cn(C)c3ccccc23)c1. The summed E-state index contributed by atoms with van der Waals surface area (Å²) >= 11 is 0. The van der Waals surface area contributed by atoms with Crippen LogP contribution < -0.4 is 14.8 Å². The van der Waals surface area contributed by atoms with Gasteiger partial charge in [-0.25, -0.2) is 0 Å². The molecule has 2 heterocycles. The lowest BCUT2D eigenvalue weighted by Gasteiger charge is -2.20. The molecule has 4 rings (SSSR count). The smallest absolute Gasteiger partial charge is 0.220 e. The molecule has 0 radical (unpaired) electrons. The lowest BCUT2D eigenvalue weighted by atomic mass is 9.87. The highest BCUT2D eigenvalue weighted by Crippen LogP contribution is 2.37. The summed E-state index contributed by atoms with van der Waals surface area (Å²) < 4.78 is 13.1. The van der Waals surface area contributed by atoms with E-state index in [-0.39, 0.29) is 11.8 Å². The molecule has 1 atom stereocenters. The number of nitrogens with one attached hydrogen (secondary N) is 1. The van der Waals surface area contributed by atoms with Crippen LogP contribution in [-0.4, -0.2) is 55.8 Å². The maximum Gasteiger partial charge on any atom is 0.220 e. The van der Waals surface area contributed by atoms with Crippen LogP contribution in [0.5, 0.6) is 11.5 Å². The van der Waals surface area contributed by atoms with Crippen LogP contribution in [0.3, 0.4) is 0 Å². The molecule has 1 aliphatic rings. The average molecular weight is 436 g/mol. The monoisotopic (exact) mass is 435 g/mol. The average Bonchev–Trinajstić information content (AvgIpc) is 3.45. The molecule has 2 aromatic carbocycles. The van der Waals surface area contributed by atoms with Crippen LogP contribution in [-0.2, 0) is 11.8 Å². The third-order valence-electron chi connectivity index (χ3n) is 6.42. The quantitative estimate of drug-likeness (QED) is 0.553. The van der Waals surface area contributed by atoms with Crippen molar-refractivity contribution in [2.75, 3.05) is 40.4 Å². The van der Waals surface area contributed by atoms with Crippen LogP contribution >= 0.6 is 0 Å². The zero-order valence-electron chi connectivity index (χ0n) is 19.3. The maximum absolute atomic E-state index is 13.0. The third-order valence-corrected chi connectivity index (χ3v) is 6.42. The van der Waals surface area contributed by atoms with Gasteiger partial charge in [-0.2, -0.15) is 0 Å². The standard InChI is InChI=1S/C26H33N3O3/c1-28-18-24(22-8-4-5-9-25(22)28)23(19-14-20(31-2)16-21(15-19)32-3)17-26(30)27-10-13-29-11-6-7-12-29/h4-5,8-9,14-16,18,23H,6-7,10-13,17H2,1-3H3,(H,27,30). The number of rotatable bonds is 9. The van der Waals surface area contributed by atoms with Crippen LogP contribution in [0.2, 0.25) is 0 Å². The van der Waals surface area contributed by atoms with Gasteiger partial charge in [0.05, 0.1) is 14.2 Å². The Balaban J connectivity index is 1.63. The highest BCUT2D eigenvalue weighted by atomic mass is 16.5. The van der Waals surface area contributed by atoms with Gasteiger partial charge in [-0.15, -0.1) is 0 Å². The van der Waals surface area contributed by atoms with Gasteiger partial charge in [-0.05, 0) is 55.3 Å². The van der Waals surface area contributed by atoms with Crippen LogP contribution in [0.25, 0.3) is 10.9 Å². The Morgan fingerprint density at radius 1 is 1.06 bits per heavy atom. The number of para-hydroxylation sites is 1. The summed E-state index contributed by atoms with van der Waals surface area (Å²) in [6, 6.07) is 14.2. The number of fused-ring (bicyclic) bond motifs is 1. The van der Waals surface area contributed by atoms with Crippen molar-refractivity contribution in [2.45, 2.75) is 25.2 Å². The Kier molecular flexibility index (Phi) is 7.00. The van der Waals surface area contributed by atoms with E-state index in [0.717, 1.165) is 53.2 Å². The number of amides is 1. The predicted octanol–water partition coefficient (Wildman–Crippen LogP) is 3.93. The van der Waals surface area contributed by atoms with Gasteiger partial charge < -0.3 is 24.3 Å². The van der Waals surface area contributed by atoms with Gasteiger partial charge >= 0.3 is 0 Å². The summed E-state index contributed by atoms with van der Waals surface area (Å²) in [5, 5.41) is 4.30. The van der Waals surface area contributed by atoms with E-state index >= 15 is 0 Å². The summed E-state index contributed by atoms with van der Waals surface area (Å²) in [5.41, 5.74) is 3.29. The van der Waals surface area contributed by atoms with Crippen LogP contribution in [0, 0.1) is 0 Å². The number of hydrogen-bond donors (Lipinski definition) is 1. The molecule has 3 aromatic rings. The van der Waals surface area contributed by atoms with E-state index in [4.69, 9.17) is 9.47 Å². The molecule has 170 valence electrons. The number of aryl methyl sites for hydroxylation is 1. The molecule has 1 saturated heterocycles. The van der Waals surface area contributed by atoms with Crippen molar-refractivity contribution >= 4 is 16.8 Å². The molecule has 0 spiro atoms. The number of methoxy groups -OCH3 is 2. The first kappa shape index (κ1) is 22.2. The van der Waals surface area contributed by atoms with Crippen LogP contribution in [0.1, 0.15) is 36.3 Å². The molecule has 0 aliphatic carbocycles. The van der Waals surface area contributed by atoms with Crippen molar-refractivity contribution in [3.05, 3.63) is 59.8 Å². The number of hydrogen-bond acceptors (Lipinski definition) is 4. The first-order valence-corrected chi connectivity index (χ1v) is 11.3. The molecule has 0 saturated carbocycles. The summed E-state index contributed by atoms with van der Waals surface area (Å²) in [4.78, 5) is 15.4. The summed E-state index contributed by atoms with van der Waals surface area (Å²) in [6.07, 6.45) is 5.02. The van der Waals surface area contributed by atoms with E-state index in [1.165, 1.54) is 12.8 Å². The molecule has 1 amide bonds. The molecular weight excluding hydrogens is 402 g/mol. The maximum atomic E-state index is 13.0. The summed E-state index contributed by atoms with van der Waals surface area (Å²) in [5.74, 6) is 1.39. The van der Waals surface area contributed by atoms with Gasteiger partial charge in [0.2, 0.25) is 5.91 Å². The zero-order valence-corrected chi connectivity index (χ0v) is 19.3. The highest BCUT2D eigenvalue weighted by Gasteiger charge is 2.24. The number of benzene rings is 2. The molecule has 6 nitrogen and oxygen atoms in total. The fourth-order valence-electron chi connectivity index (χ4n) is 4.71. The number of nitrogens with zero attached hydrogens (tertiary/aromatic N) is 2. The number of carbonyl (C=O) groups is 1. The summed E-state index contributed by atoms with van der Waals surface area (Å²) in [7, 11) is 5.35. The molecule has 1 unspecified atom stereocenters. The van der Waals surface area contributed by atoms with Crippen LogP contribution in [0.4, 0.5) is 0 Å². The van der Waals surface area contributed by atoms with Crippen molar-refractivity contribution in [1.29, 1.82) is 0 Å². The topological polar surface area (TPSA) is 55.7 Å². The molecule has 6 heteroatoms. The second-order valence-electron chi connectivity index (χ2n) is 8.51. The van der Waals surface area contributed by atoms with Gasteiger partial charge in [0, 0.05) is 55.6 Å². The second kappa shape index (κ2) is 10.1. The minimum absolute atomic E-state index is 0.0592. The second-order valence-corrected chi connectivity index (χ2v) is 8.51. The van der Waals surface area contributed by atoms with Gasteiger partial charge in [0.15, 0.2) is 0 Å². The van der Waals surface area contributed by atoms with Crippen molar-refractivity contribution in [2.24, 2.45) is 7.05 Å². The largest absolute Gasteiger partial charge is 0.497 e. The van der Waals surface area contributed by atoms with Gasteiger partial charge in [0.25, 0.3) is 0 Å². The Bertz CT molecular complexity index is 1050. The third kappa shape index (κ3) is 4.91. The van der Waals surface area contributed by atoms with Crippen molar-refractivity contribution in [3.8, 4) is 11.5 Å². The predicted molar refractivity (Wildman–Crippen MR) is 128 cm³/mol. The minimum Gasteiger partial charge on any atom is -0.497 e. The van der Waals surface area contributed by atoms with E-state index in [1.54, 1.807) is 14.2 Å². The van der Waals surface area contributed by atoms with Crippen LogP contribution in [0.15, 0.2) is 48.7 Å². The zero-order chi connectivity index (χ0) is 22.5. The van der Waals surface area contributed by atoms with E-state index in [2.05, 4.69) is 33.1 Å². The molecule has 0 bridgehead atoms. The van der Waals surface area contributed by atoms with Crippen molar-refractivity contribution < 1.29 is 14.3 Å². The molecule has 1 N–H and O–H groups in total. The Hall–Kier alpha value is -2.99. The Morgan fingerprint density at radius 2 is 1.75 bits per heavy atom. The first-order chi connectivity index (χ1) is 15.6. The molecule has 1 aromatic heterocycles. The molecule has 32 heavy (non-hydrogen) atoms. The number of aromatic nitrogens is 1. The fourth-order valence-corrected chi connectivity index (χ4v) is 4.71. The lowest BCUT2D eigenvalue weighted by molar-refractivity contribution is -0.121. The number of carbonyl (C=O) groups excluding carboxylic acids is 1. The van der Waals surface area contributed by atoms with Crippen molar-refractivity contribution in [1.82, 2.24) is 14.8 Å². The Morgan fingerprint density at radius 3 is 2.44 bits per heavy atom. The minimum atomic E-state index is -0.114. The fraction of sp³-hybridized carbons (Fsp3) is 0.423. The van der Waals surface area contributed by atoms with Crippen molar-refractivity contribution in [3.63, 3.8) is 0 Å². The highest BCUT2D eigenvalue weighted by molar-refractivity contribution is 5.86. The normalized spacial score (nSPS) is 15.1. The first-order valence-electron chi connectivity index (χ1n) is 11.3.